The summed E-state index contributed by atoms with van der Waals surface area (Å²) < 4.78 is 23.4. The Balaban J connectivity index is 2.27. The molecule has 0 spiro atoms. The van der Waals surface area contributed by atoms with Crippen LogP contribution in [0.3, 0.4) is 0 Å². The van der Waals surface area contributed by atoms with Crippen LogP contribution in [0.4, 0.5) is 4.39 Å². The second kappa shape index (κ2) is 8.44. The smallest absolute Gasteiger partial charge is 0.343 e. The predicted molar refractivity (Wildman–Crippen MR) is 92.0 cm³/mol. The summed E-state index contributed by atoms with van der Waals surface area (Å²) in [5.74, 6) is -1.26. The van der Waals surface area contributed by atoms with Crippen LogP contribution in [0.1, 0.15) is 15.9 Å². The number of nitriles is 1. The predicted octanol–water partition coefficient (Wildman–Crippen LogP) is 2.71. The van der Waals surface area contributed by atoms with Gasteiger partial charge < -0.3 is 14.8 Å². The molecule has 0 heterocycles. The van der Waals surface area contributed by atoms with Crippen LogP contribution < -0.4 is 14.8 Å². The van der Waals surface area contributed by atoms with E-state index >= 15 is 0 Å². The Morgan fingerprint density at radius 1 is 1.15 bits per heavy atom. The summed E-state index contributed by atoms with van der Waals surface area (Å²) in [6.07, 6.45) is 1.38. The van der Waals surface area contributed by atoms with Crippen LogP contribution in [0.2, 0.25) is 0 Å². The van der Waals surface area contributed by atoms with Gasteiger partial charge in [-0.1, -0.05) is 6.07 Å². The van der Waals surface area contributed by atoms with E-state index in [4.69, 9.17) is 14.7 Å². The molecule has 0 saturated heterocycles. The number of rotatable bonds is 5. The number of esters is 1. The zero-order chi connectivity index (χ0) is 19.1. The largest absolute Gasteiger partial charge is 0.493 e. The maximum absolute atomic E-state index is 12.9. The highest BCUT2D eigenvalue weighted by Gasteiger charge is 2.14. The fourth-order valence-corrected chi connectivity index (χ4v) is 2.05. The van der Waals surface area contributed by atoms with Crippen molar-refractivity contribution in [3.8, 4) is 17.6 Å². The summed E-state index contributed by atoms with van der Waals surface area (Å²) in [7, 11) is 2.81. The van der Waals surface area contributed by atoms with Crippen molar-refractivity contribution in [2.45, 2.75) is 0 Å². The highest BCUT2D eigenvalue weighted by atomic mass is 19.1. The number of carbonyl (C=O) groups excluding carboxylic acids is 2. The van der Waals surface area contributed by atoms with Gasteiger partial charge in [0.25, 0.3) is 5.91 Å². The molecule has 0 saturated carbocycles. The monoisotopic (exact) mass is 354 g/mol. The minimum Gasteiger partial charge on any atom is -0.493 e. The molecule has 0 radical (unpaired) electrons. The normalized spacial score (nSPS) is 10.6. The van der Waals surface area contributed by atoms with Gasteiger partial charge in [-0.25, -0.2) is 9.18 Å². The van der Waals surface area contributed by atoms with E-state index in [1.807, 2.05) is 0 Å². The second-order valence-corrected chi connectivity index (χ2v) is 5.06. The molecule has 0 unspecified atom stereocenters. The third kappa shape index (κ3) is 4.45. The van der Waals surface area contributed by atoms with Gasteiger partial charge in [-0.3, -0.25) is 4.79 Å². The molecular weight excluding hydrogens is 339 g/mol. The number of amides is 1. The number of likely N-dealkylation sites (N-methyl/N-ethyl adjacent to an activating group) is 1. The molecule has 0 aliphatic carbocycles. The van der Waals surface area contributed by atoms with Gasteiger partial charge in [0, 0.05) is 7.05 Å². The van der Waals surface area contributed by atoms with Crippen LogP contribution in [0.25, 0.3) is 6.08 Å². The lowest BCUT2D eigenvalue weighted by Crippen LogP contribution is -2.19. The van der Waals surface area contributed by atoms with Gasteiger partial charge in [0.15, 0.2) is 11.5 Å². The molecule has 0 aliphatic heterocycles. The van der Waals surface area contributed by atoms with Gasteiger partial charge in [0.1, 0.15) is 17.5 Å². The van der Waals surface area contributed by atoms with Gasteiger partial charge in [-0.05, 0) is 48.0 Å². The third-order valence-electron chi connectivity index (χ3n) is 3.37. The lowest BCUT2D eigenvalue weighted by molar-refractivity contribution is -0.116. The van der Waals surface area contributed by atoms with E-state index in [1.165, 1.54) is 44.5 Å². The van der Waals surface area contributed by atoms with Crippen LogP contribution in [0.15, 0.2) is 48.0 Å². The molecular formula is C19H15FN2O4. The van der Waals surface area contributed by atoms with Crippen molar-refractivity contribution in [1.29, 1.82) is 5.26 Å². The van der Waals surface area contributed by atoms with Crippen molar-refractivity contribution in [1.82, 2.24) is 5.32 Å². The van der Waals surface area contributed by atoms with E-state index in [1.54, 1.807) is 12.1 Å². The third-order valence-corrected chi connectivity index (χ3v) is 3.37. The fraction of sp³-hybridized carbons (Fsp3) is 0.105. The van der Waals surface area contributed by atoms with E-state index < -0.39 is 17.7 Å². The molecule has 0 aliphatic rings. The molecule has 2 rings (SSSR count). The Hall–Kier alpha value is -3.66. The maximum Gasteiger partial charge on any atom is 0.343 e. The molecule has 26 heavy (non-hydrogen) atoms. The van der Waals surface area contributed by atoms with Crippen molar-refractivity contribution >= 4 is 18.0 Å². The van der Waals surface area contributed by atoms with Crippen LogP contribution in [-0.2, 0) is 4.79 Å². The van der Waals surface area contributed by atoms with Crippen molar-refractivity contribution < 1.29 is 23.5 Å². The standard InChI is InChI=1S/C19H15FN2O4/c1-22-18(23)14(11-21)9-12-3-8-16(17(10-12)25-2)26-19(24)13-4-6-15(20)7-5-13/h3-10H,1-2H3,(H,22,23)/b14-9+. The van der Waals surface area contributed by atoms with Crippen LogP contribution >= 0.6 is 0 Å². The van der Waals surface area contributed by atoms with Gasteiger partial charge >= 0.3 is 5.97 Å². The molecule has 7 heteroatoms. The minimum absolute atomic E-state index is 0.0781. The van der Waals surface area contributed by atoms with Gasteiger partial charge in [0.05, 0.1) is 12.7 Å². The molecule has 1 N–H and O–H groups in total. The van der Waals surface area contributed by atoms with E-state index in [0.717, 1.165) is 12.1 Å². The average molecular weight is 354 g/mol. The topological polar surface area (TPSA) is 88.4 Å². The molecule has 132 valence electrons. The maximum atomic E-state index is 12.9. The number of halogens is 1. The van der Waals surface area contributed by atoms with Crippen molar-refractivity contribution in [2.24, 2.45) is 0 Å². The summed E-state index contributed by atoms with van der Waals surface area (Å²) in [5.41, 5.74) is 0.623. The van der Waals surface area contributed by atoms with Gasteiger partial charge in [-0.2, -0.15) is 5.26 Å². The zero-order valence-corrected chi connectivity index (χ0v) is 14.1. The summed E-state index contributed by atoms with van der Waals surface area (Å²) in [6, 6.07) is 11.3. The molecule has 2 aromatic rings. The first-order valence-corrected chi connectivity index (χ1v) is 7.48. The van der Waals surface area contributed by atoms with E-state index in [9.17, 15) is 14.0 Å². The molecule has 6 nitrogen and oxygen atoms in total. The minimum atomic E-state index is -0.672. The van der Waals surface area contributed by atoms with E-state index in [0.29, 0.717) is 5.56 Å². The summed E-state index contributed by atoms with van der Waals surface area (Å²) in [4.78, 5) is 23.7. The Morgan fingerprint density at radius 3 is 2.42 bits per heavy atom. The second-order valence-electron chi connectivity index (χ2n) is 5.06. The van der Waals surface area contributed by atoms with Crippen molar-refractivity contribution in [2.75, 3.05) is 14.2 Å². The number of nitrogens with zero attached hydrogens (tertiary/aromatic N) is 1. The number of carbonyl (C=O) groups is 2. The first kappa shape index (κ1) is 18.7. The molecule has 2 aromatic carbocycles. The quantitative estimate of drug-likeness (QED) is 0.386. The highest BCUT2D eigenvalue weighted by molar-refractivity contribution is 6.01. The molecule has 0 atom stereocenters. The Labute approximate surface area is 149 Å². The van der Waals surface area contributed by atoms with E-state index in [-0.39, 0.29) is 22.6 Å². The number of hydrogen-bond acceptors (Lipinski definition) is 5. The highest BCUT2D eigenvalue weighted by Crippen LogP contribution is 2.29. The number of benzene rings is 2. The number of nitrogens with one attached hydrogen (secondary N) is 1. The zero-order valence-electron chi connectivity index (χ0n) is 14.1. The molecule has 0 bridgehead atoms. The Kier molecular flexibility index (Phi) is 6.06. The van der Waals surface area contributed by atoms with Crippen LogP contribution in [-0.4, -0.2) is 26.0 Å². The summed E-state index contributed by atoms with van der Waals surface area (Å²) >= 11 is 0. The molecule has 0 fully saturated rings. The van der Waals surface area contributed by atoms with Gasteiger partial charge in [0.2, 0.25) is 0 Å². The lowest BCUT2D eigenvalue weighted by atomic mass is 10.1. The number of methoxy groups -OCH3 is 1. The summed E-state index contributed by atoms with van der Waals surface area (Å²) in [6.45, 7) is 0. The first-order chi connectivity index (χ1) is 12.5. The lowest BCUT2D eigenvalue weighted by Gasteiger charge is -2.10. The van der Waals surface area contributed by atoms with Crippen molar-refractivity contribution in [3.63, 3.8) is 0 Å². The Morgan fingerprint density at radius 2 is 1.85 bits per heavy atom. The molecule has 1 amide bonds. The first-order valence-electron chi connectivity index (χ1n) is 7.48. The Bertz CT molecular complexity index is 899. The fourth-order valence-electron chi connectivity index (χ4n) is 2.05. The molecule has 0 aromatic heterocycles. The van der Waals surface area contributed by atoms with E-state index in [2.05, 4.69) is 5.32 Å². The SMILES string of the molecule is CNC(=O)/C(C#N)=C/c1ccc(OC(=O)c2ccc(F)cc2)c(OC)c1. The van der Waals surface area contributed by atoms with Gasteiger partial charge in [-0.15, -0.1) is 0 Å². The van der Waals surface area contributed by atoms with Crippen molar-refractivity contribution in [3.05, 3.63) is 65.0 Å². The number of hydrogen-bond donors (Lipinski definition) is 1. The van der Waals surface area contributed by atoms with Crippen LogP contribution in [0, 0.1) is 17.1 Å². The average Bonchev–Trinajstić information content (AvgIpc) is 2.66. The number of ether oxygens (including phenoxy) is 2. The van der Waals surface area contributed by atoms with Crippen LogP contribution in [0.5, 0.6) is 11.5 Å². The summed E-state index contributed by atoms with van der Waals surface area (Å²) in [5, 5.41) is 11.4.